The molecule has 0 aromatic heterocycles. The van der Waals surface area contributed by atoms with E-state index in [0.29, 0.717) is 32.1 Å². The first kappa shape index (κ1) is 39.1. The highest BCUT2D eigenvalue weighted by molar-refractivity contribution is 6.31. The second-order valence-corrected chi connectivity index (χ2v) is 15.9. The summed E-state index contributed by atoms with van der Waals surface area (Å²) < 4.78 is 38.0. The maximum Gasteiger partial charge on any atom is 0.202 e. The molecule has 3 fully saturated rings. The minimum Gasteiger partial charge on any atom is -0.507 e. The van der Waals surface area contributed by atoms with Gasteiger partial charge in [-0.2, -0.15) is 0 Å². The molecule has 5 aliphatic rings. The van der Waals surface area contributed by atoms with Gasteiger partial charge in [0, 0.05) is 54.8 Å². The monoisotopic (exact) mass is 755 g/mol. The van der Waals surface area contributed by atoms with Crippen LogP contribution in [0.2, 0.25) is 0 Å². The zero-order valence-electron chi connectivity index (χ0n) is 31.7. The Bertz CT molecular complexity index is 1770. The Morgan fingerprint density at radius 2 is 1.48 bits per heavy atom. The highest BCUT2D eigenvalue weighted by atomic mass is 16.7. The van der Waals surface area contributed by atoms with Crippen molar-refractivity contribution in [2.75, 3.05) is 14.1 Å². The topological polar surface area (TPSA) is 194 Å². The second kappa shape index (κ2) is 15.1. The molecule has 14 nitrogen and oxygen atoms in total. The van der Waals surface area contributed by atoms with Gasteiger partial charge in [0.2, 0.25) is 5.78 Å². The van der Waals surface area contributed by atoms with Gasteiger partial charge in [0.1, 0.15) is 23.4 Å². The van der Waals surface area contributed by atoms with Crippen LogP contribution >= 0.6 is 0 Å². The number of phenolic OH excluding ortho intramolecular Hbond substituents is 3. The van der Waals surface area contributed by atoms with Crippen LogP contribution < -0.4 is 0 Å². The number of fused-ring (bicyclic) bond motifs is 3. The Labute approximate surface area is 314 Å². The van der Waals surface area contributed by atoms with Crippen molar-refractivity contribution in [3.05, 3.63) is 51.6 Å². The molecule has 0 saturated carbocycles. The molecule has 296 valence electrons. The van der Waals surface area contributed by atoms with Crippen LogP contribution in [0.1, 0.15) is 122 Å². The number of aliphatic hydroxyl groups is 2. The van der Waals surface area contributed by atoms with Crippen molar-refractivity contribution in [3.8, 4) is 17.2 Å². The van der Waals surface area contributed by atoms with Crippen molar-refractivity contribution in [3.63, 3.8) is 0 Å². The van der Waals surface area contributed by atoms with E-state index in [4.69, 9.17) is 28.4 Å². The van der Waals surface area contributed by atoms with E-state index in [-0.39, 0.29) is 71.4 Å². The predicted molar refractivity (Wildman–Crippen MR) is 191 cm³/mol. The van der Waals surface area contributed by atoms with Crippen molar-refractivity contribution < 1.29 is 63.5 Å². The molecule has 3 aliphatic heterocycles. The molecule has 3 saturated heterocycles. The van der Waals surface area contributed by atoms with Crippen LogP contribution in [0.25, 0.3) is 0 Å². The van der Waals surface area contributed by atoms with E-state index < -0.39 is 83.3 Å². The van der Waals surface area contributed by atoms with E-state index in [1.807, 2.05) is 39.8 Å². The van der Waals surface area contributed by atoms with E-state index in [0.717, 1.165) is 0 Å². The van der Waals surface area contributed by atoms with Crippen LogP contribution in [0.5, 0.6) is 17.2 Å². The molecular weight excluding hydrogens is 702 g/mol. The van der Waals surface area contributed by atoms with E-state index in [2.05, 4.69) is 0 Å². The number of nitrogens with zero attached hydrogens (tertiary/aromatic N) is 1. The highest BCUT2D eigenvalue weighted by Crippen LogP contribution is 2.53. The molecule has 5 N–H and O–H groups in total. The summed E-state index contributed by atoms with van der Waals surface area (Å²) in [7, 11) is 3.87. The fourth-order valence-electron chi connectivity index (χ4n) is 8.83. The van der Waals surface area contributed by atoms with Gasteiger partial charge in [-0.15, -0.1) is 0 Å². The zero-order valence-corrected chi connectivity index (χ0v) is 31.7. The van der Waals surface area contributed by atoms with E-state index in [1.54, 1.807) is 6.92 Å². The number of aliphatic hydroxyl groups excluding tert-OH is 1. The molecule has 14 heteroatoms. The van der Waals surface area contributed by atoms with Gasteiger partial charge in [-0.25, -0.2) is 0 Å². The molecule has 10 unspecified atom stereocenters. The number of rotatable bonds is 8. The van der Waals surface area contributed by atoms with Gasteiger partial charge in [0.15, 0.2) is 24.7 Å². The third-order valence-electron chi connectivity index (χ3n) is 12.0. The molecule has 7 rings (SSSR count). The minimum absolute atomic E-state index is 0.0233. The first-order valence-corrected chi connectivity index (χ1v) is 19.1. The maximum absolute atomic E-state index is 13.8. The fourth-order valence-corrected chi connectivity index (χ4v) is 8.83. The number of ketones is 2. The summed E-state index contributed by atoms with van der Waals surface area (Å²) >= 11 is 0. The third-order valence-corrected chi connectivity index (χ3v) is 12.0. The summed E-state index contributed by atoms with van der Waals surface area (Å²) in [4.78, 5) is 29.4. The Kier molecular flexibility index (Phi) is 10.9. The highest BCUT2D eigenvalue weighted by Gasteiger charge is 2.48. The van der Waals surface area contributed by atoms with Gasteiger partial charge in [-0.1, -0.05) is 19.1 Å². The fraction of sp³-hybridized carbons (Fsp3) is 0.650. The predicted octanol–water partition coefficient (Wildman–Crippen LogP) is 3.97. The largest absolute Gasteiger partial charge is 0.507 e. The number of benzene rings is 2. The molecule has 12 atom stereocenters. The number of carbonyl (C=O) groups excluding carboxylic acids is 2. The summed E-state index contributed by atoms with van der Waals surface area (Å²) in [6, 6.07) is 3.89. The van der Waals surface area contributed by atoms with Crippen molar-refractivity contribution in [2.24, 2.45) is 0 Å². The van der Waals surface area contributed by atoms with Crippen molar-refractivity contribution in [1.82, 2.24) is 4.90 Å². The number of likely N-dealkylation sites (N-methyl/N-ethyl adjacent to an activating group) is 1. The zero-order chi connectivity index (χ0) is 38.8. The number of aromatic hydroxyl groups is 3. The summed E-state index contributed by atoms with van der Waals surface area (Å²) in [5.41, 5.74) is -2.24. The Morgan fingerprint density at radius 1 is 0.815 bits per heavy atom. The average molecular weight is 756 g/mol. The normalized spacial score (nSPS) is 36.8. The number of carbonyl (C=O) groups is 2. The van der Waals surface area contributed by atoms with Gasteiger partial charge >= 0.3 is 0 Å². The molecule has 2 aromatic carbocycles. The molecule has 54 heavy (non-hydrogen) atoms. The summed E-state index contributed by atoms with van der Waals surface area (Å²) in [5, 5.41) is 55.6. The van der Waals surface area contributed by atoms with E-state index >= 15 is 0 Å². The van der Waals surface area contributed by atoms with Crippen LogP contribution in [0.3, 0.4) is 0 Å². The Balaban J connectivity index is 1.09. The lowest BCUT2D eigenvalue weighted by molar-refractivity contribution is -0.314. The summed E-state index contributed by atoms with van der Waals surface area (Å²) in [6.07, 6.45) is -1.81. The second-order valence-electron chi connectivity index (χ2n) is 15.9. The van der Waals surface area contributed by atoms with Crippen LogP contribution in [-0.2, 0) is 34.8 Å². The van der Waals surface area contributed by atoms with Crippen LogP contribution in [0.15, 0.2) is 18.2 Å². The molecule has 0 amide bonds. The summed E-state index contributed by atoms with van der Waals surface area (Å²) in [5.74, 6) is -2.96. The number of hydrogen-bond donors (Lipinski definition) is 5. The van der Waals surface area contributed by atoms with Gasteiger partial charge < -0.3 is 58.9 Å². The molecule has 3 heterocycles. The molecule has 0 spiro atoms. The minimum atomic E-state index is -1.36. The molecular formula is C40H53NO13. The van der Waals surface area contributed by atoms with Gasteiger partial charge in [0.25, 0.3) is 0 Å². The molecule has 0 radical (unpaired) electrons. The van der Waals surface area contributed by atoms with Crippen molar-refractivity contribution in [2.45, 2.75) is 152 Å². The third kappa shape index (κ3) is 7.05. The van der Waals surface area contributed by atoms with Crippen LogP contribution in [-0.4, -0.2) is 123 Å². The molecule has 0 bridgehead atoms. The molecule has 2 aromatic rings. The molecule has 2 aliphatic carbocycles. The van der Waals surface area contributed by atoms with Gasteiger partial charge in [0.05, 0.1) is 58.9 Å². The standard InChI is InChI=1S/C40H53NO13/c1-7-40(48)16-22-32(38(47)34-33(36(22)45)35(44)21-9-8-10-25(43)31(21)37(34)46)27(17-40)53-30-15-23(41(5)6)39(20(4)51-30)54-29-14-12-26(19(3)50-29)52-28-13-11-24(42)18(2)49-28/h8-10,18-20,23-24,26-30,39,42-43,45,47-48H,7,11-17H2,1-6H3/t18?,19?,20?,23?,24?,26?,27-,28?,29?,30?,39?,40-/m0/s1. The Morgan fingerprint density at radius 3 is 2.17 bits per heavy atom. The lowest BCUT2D eigenvalue weighted by Gasteiger charge is -2.47. The first-order chi connectivity index (χ1) is 25.6. The van der Waals surface area contributed by atoms with E-state index in [9.17, 15) is 35.1 Å². The quantitative estimate of drug-likeness (QED) is 0.207. The summed E-state index contributed by atoms with van der Waals surface area (Å²) in [6.45, 7) is 7.47. The lowest BCUT2D eigenvalue weighted by atomic mass is 9.72. The van der Waals surface area contributed by atoms with Crippen molar-refractivity contribution in [1.29, 1.82) is 0 Å². The number of hydrogen-bond acceptors (Lipinski definition) is 14. The lowest BCUT2D eigenvalue weighted by Crippen LogP contribution is -2.56. The van der Waals surface area contributed by atoms with Gasteiger partial charge in [-0.05, 0) is 60.2 Å². The SMILES string of the molecule is CC[C@]1(O)Cc2c(O)c3c(c(O)c2[C@@H](OC2CC(N(C)C)C(OC4CCC(OC5CCC(O)C(C)O5)C(C)O4)C(C)O2)C1)C(=O)c1c(O)cccc1C3=O. The van der Waals surface area contributed by atoms with Gasteiger partial charge in [-0.3, -0.25) is 9.59 Å². The Hall–Kier alpha value is -3.18. The number of phenols is 3. The van der Waals surface area contributed by atoms with Crippen molar-refractivity contribution >= 4 is 11.6 Å². The number of ether oxygens (including phenoxy) is 6. The van der Waals surface area contributed by atoms with Crippen LogP contribution in [0, 0.1) is 0 Å². The average Bonchev–Trinajstić information content (AvgIpc) is 3.12. The van der Waals surface area contributed by atoms with Crippen LogP contribution in [0.4, 0.5) is 0 Å². The maximum atomic E-state index is 13.8. The van der Waals surface area contributed by atoms with E-state index in [1.165, 1.54) is 18.2 Å². The first-order valence-electron chi connectivity index (χ1n) is 19.1. The smallest absolute Gasteiger partial charge is 0.202 e.